The third-order valence-corrected chi connectivity index (χ3v) is 6.21. The van der Waals surface area contributed by atoms with Crippen LogP contribution in [0.15, 0.2) is 64.5 Å². The van der Waals surface area contributed by atoms with Crippen molar-refractivity contribution in [2.24, 2.45) is 4.99 Å². The Labute approximate surface area is 217 Å². The third kappa shape index (κ3) is 5.10. The van der Waals surface area contributed by atoms with Gasteiger partial charge in [-0.1, -0.05) is 36.4 Å². The number of aromatic amines is 2. The molecule has 1 aliphatic carbocycles. The topological polar surface area (TPSA) is 136 Å². The van der Waals surface area contributed by atoms with Gasteiger partial charge in [-0.2, -0.15) is 32.8 Å². The molecule has 5 aromatic rings. The van der Waals surface area contributed by atoms with Crippen molar-refractivity contribution in [2.75, 3.05) is 5.32 Å². The number of nitrogens with zero attached hydrogens (tertiary/aromatic N) is 5. The summed E-state index contributed by atoms with van der Waals surface area (Å²) in [6.45, 7) is 0.227. The maximum absolute atomic E-state index is 13.3. The number of imidazole rings is 1. The molecule has 0 aliphatic heterocycles. The van der Waals surface area contributed by atoms with E-state index >= 15 is 0 Å². The number of hydrogen-bond acceptors (Lipinski definition) is 7. The van der Waals surface area contributed by atoms with E-state index in [4.69, 9.17) is 0 Å². The average molecular weight is 535 g/mol. The van der Waals surface area contributed by atoms with Crippen molar-refractivity contribution >= 4 is 17.7 Å². The normalized spacial score (nSPS) is 14.8. The van der Waals surface area contributed by atoms with Gasteiger partial charge in [0.15, 0.2) is 5.65 Å². The molecule has 0 atom stereocenters. The number of rotatable bonds is 6. The van der Waals surface area contributed by atoms with E-state index in [1.54, 1.807) is 24.3 Å². The van der Waals surface area contributed by atoms with Gasteiger partial charge in [0.1, 0.15) is 5.69 Å². The molecular weight excluding hydrogens is 513 g/mol. The van der Waals surface area contributed by atoms with Crippen LogP contribution in [0.25, 0.3) is 22.9 Å². The Morgan fingerprint density at radius 2 is 1.95 bits per heavy atom. The lowest BCUT2D eigenvalue weighted by Crippen LogP contribution is -2.24. The molecule has 10 nitrogen and oxygen atoms in total. The largest absolute Gasteiger partial charge is 0.493 e. The predicted octanol–water partition coefficient (Wildman–Crippen LogP) is 2.76. The second kappa shape index (κ2) is 9.42. The van der Waals surface area contributed by atoms with E-state index in [0.717, 1.165) is 30.5 Å². The number of H-pyrrole nitrogens is 2. The first-order chi connectivity index (χ1) is 18.7. The third-order valence-electron chi connectivity index (χ3n) is 6.21. The summed E-state index contributed by atoms with van der Waals surface area (Å²) in [6.07, 6.45) is 0.482. The maximum Gasteiger partial charge on any atom is 0.416 e. The summed E-state index contributed by atoms with van der Waals surface area (Å²) in [5, 5.41) is 18.0. The molecule has 0 amide bonds. The van der Waals surface area contributed by atoms with Crippen LogP contribution in [0.5, 0.6) is 5.88 Å². The first kappa shape index (κ1) is 24.4. The number of aromatic hydroxyl groups is 1. The van der Waals surface area contributed by atoms with Crippen molar-refractivity contribution in [1.29, 1.82) is 0 Å². The van der Waals surface area contributed by atoms with Crippen LogP contribution in [0, 0.1) is 0 Å². The Balaban J connectivity index is 1.38. The highest BCUT2D eigenvalue weighted by atomic mass is 19.4. The number of aromatic nitrogens is 6. The van der Waals surface area contributed by atoms with Crippen LogP contribution in [0.4, 0.5) is 19.1 Å². The van der Waals surface area contributed by atoms with Crippen molar-refractivity contribution in [1.82, 2.24) is 29.5 Å². The van der Waals surface area contributed by atoms with Gasteiger partial charge >= 0.3 is 11.9 Å². The van der Waals surface area contributed by atoms with Gasteiger partial charge in [-0.15, -0.1) is 0 Å². The number of hydrogen-bond donors (Lipinski definition) is 4. The second-order valence-electron chi connectivity index (χ2n) is 9.12. The van der Waals surface area contributed by atoms with E-state index < -0.39 is 17.4 Å². The Hall–Kier alpha value is -4.94. The zero-order valence-electron chi connectivity index (χ0n) is 20.2. The molecule has 198 valence electrons. The molecule has 0 radical (unpaired) electrons. The number of benzene rings is 2. The second-order valence-corrected chi connectivity index (χ2v) is 9.12. The van der Waals surface area contributed by atoms with E-state index in [9.17, 15) is 23.1 Å². The van der Waals surface area contributed by atoms with E-state index in [-0.39, 0.29) is 30.1 Å². The van der Waals surface area contributed by atoms with Crippen LogP contribution < -0.4 is 21.8 Å². The number of nitrogens with one attached hydrogen (secondary N) is 3. The molecule has 4 N–H and O–H groups in total. The standard InChI is InChI=1S/C26H21F3N8O2/c27-26(28,29)17-6-3-5-14(10-17)19-7-2-1-4-15(19)12-30-23-34-21-16(11-20-22(38)35-25(39)33-20)13-31-37(21)24(36-23)32-18-8-9-18/h1-7,10-11,13,18,38H,8-9,12H2,(H,30,32,36)(H2,33,35,39). The van der Waals surface area contributed by atoms with Crippen molar-refractivity contribution in [3.8, 4) is 17.0 Å². The van der Waals surface area contributed by atoms with Crippen LogP contribution in [-0.2, 0) is 12.7 Å². The Morgan fingerprint density at radius 3 is 2.69 bits per heavy atom. The molecule has 39 heavy (non-hydrogen) atoms. The van der Waals surface area contributed by atoms with Crippen molar-refractivity contribution < 1.29 is 18.3 Å². The first-order valence-corrected chi connectivity index (χ1v) is 12.1. The fraction of sp³-hybridized carbons (Fsp3) is 0.192. The SMILES string of the molecule is O=c1[nH]c(O)c(C=c2cnn3c(=NC4CC4)nc(NCc4ccccc4-c4cccc(C(F)(F)F)c4)nc23)[nH]1. The fourth-order valence-electron chi connectivity index (χ4n) is 4.15. The molecule has 0 bridgehead atoms. The summed E-state index contributed by atoms with van der Waals surface area (Å²) in [6, 6.07) is 12.5. The van der Waals surface area contributed by atoms with Gasteiger partial charge in [0, 0.05) is 11.8 Å². The first-order valence-electron chi connectivity index (χ1n) is 12.1. The van der Waals surface area contributed by atoms with Gasteiger partial charge in [0.05, 0.1) is 17.8 Å². The minimum absolute atomic E-state index is 0.138. The lowest BCUT2D eigenvalue weighted by molar-refractivity contribution is -0.137. The number of anilines is 1. The predicted molar refractivity (Wildman–Crippen MR) is 135 cm³/mol. The van der Waals surface area contributed by atoms with Gasteiger partial charge in [-0.05, 0) is 47.7 Å². The smallest absolute Gasteiger partial charge is 0.416 e. The van der Waals surface area contributed by atoms with Crippen molar-refractivity contribution in [3.05, 3.63) is 92.9 Å². The monoisotopic (exact) mass is 534 g/mol. The van der Waals surface area contributed by atoms with Gasteiger partial charge in [-0.25, -0.2) is 9.79 Å². The van der Waals surface area contributed by atoms with E-state index in [0.29, 0.717) is 27.6 Å². The molecule has 1 fully saturated rings. The van der Waals surface area contributed by atoms with Crippen LogP contribution in [0.3, 0.4) is 0 Å². The molecule has 0 saturated heterocycles. The van der Waals surface area contributed by atoms with Crippen LogP contribution >= 0.6 is 0 Å². The summed E-state index contributed by atoms with van der Waals surface area (Å²) in [5.74, 6) is -0.0801. The zero-order valence-corrected chi connectivity index (χ0v) is 20.2. The molecule has 2 aromatic carbocycles. The van der Waals surface area contributed by atoms with Gasteiger partial charge in [0.25, 0.3) is 5.62 Å². The van der Waals surface area contributed by atoms with E-state index in [2.05, 4.69) is 35.3 Å². The molecule has 6 rings (SSSR count). The Morgan fingerprint density at radius 1 is 1.13 bits per heavy atom. The highest BCUT2D eigenvalue weighted by Crippen LogP contribution is 2.33. The number of fused-ring (bicyclic) bond motifs is 1. The molecule has 0 unspecified atom stereocenters. The molecule has 13 heteroatoms. The maximum atomic E-state index is 13.3. The van der Waals surface area contributed by atoms with Crippen LogP contribution in [0.1, 0.15) is 29.7 Å². The van der Waals surface area contributed by atoms with E-state index in [1.807, 2.05) is 6.07 Å². The fourth-order valence-corrected chi connectivity index (χ4v) is 4.15. The summed E-state index contributed by atoms with van der Waals surface area (Å²) >= 11 is 0. The molecule has 0 spiro atoms. The van der Waals surface area contributed by atoms with Gasteiger partial charge in [0.2, 0.25) is 11.8 Å². The number of alkyl halides is 3. The Kier molecular flexibility index (Phi) is 5.89. The molecule has 3 aromatic heterocycles. The zero-order chi connectivity index (χ0) is 27.1. The average Bonchev–Trinajstić information content (AvgIpc) is 3.55. The lowest BCUT2D eigenvalue weighted by atomic mass is 9.98. The van der Waals surface area contributed by atoms with Gasteiger partial charge in [-0.3, -0.25) is 4.98 Å². The van der Waals surface area contributed by atoms with Crippen LogP contribution in [-0.4, -0.2) is 40.7 Å². The van der Waals surface area contributed by atoms with Crippen molar-refractivity contribution in [3.63, 3.8) is 0 Å². The minimum Gasteiger partial charge on any atom is -0.493 e. The van der Waals surface area contributed by atoms with E-state index in [1.165, 1.54) is 22.9 Å². The molecular formula is C26H21F3N8O2. The van der Waals surface area contributed by atoms with Crippen molar-refractivity contribution in [2.45, 2.75) is 31.6 Å². The highest BCUT2D eigenvalue weighted by molar-refractivity contribution is 5.68. The molecule has 1 saturated carbocycles. The summed E-state index contributed by atoms with van der Waals surface area (Å²) < 4.78 is 41.4. The molecule has 3 heterocycles. The Bertz CT molecular complexity index is 1870. The van der Waals surface area contributed by atoms with Gasteiger partial charge < -0.3 is 15.4 Å². The summed E-state index contributed by atoms with van der Waals surface area (Å²) in [7, 11) is 0. The quantitative estimate of drug-likeness (QED) is 0.265. The number of halogens is 3. The summed E-state index contributed by atoms with van der Waals surface area (Å²) in [5.41, 5.74) is 1.44. The lowest BCUT2D eigenvalue weighted by Gasteiger charge is -2.13. The molecule has 1 aliphatic rings. The highest BCUT2D eigenvalue weighted by Gasteiger charge is 2.30. The minimum atomic E-state index is -4.45. The summed E-state index contributed by atoms with van der Waals surface area (Å²) in [4.78, 5) is 30.0. The van der Waals surface area contributed by atoms with Crippen LogP contribution in [0.2, 0.25) is 0 Å².